The highest BCUT2D eigenvalue weighted by atomic mass is 35.5. The van der Waals surface area contributed by atoms with Crippen LogP contribution in [0.1, 0.15) is 78.2 Å². The number of rotatable bonds is 5. The summed E-state index contributed by atoms with van der Waals surface area (Å²) in [5, 5.41) is 12.1. The lowest BCUT2D eigenvalue weighted by Crippen LogP contribution is -2.41. The molecule has 0 aromatic heterocycles. The van der Waals surface area contributed by atoms with Crippen molar-refractivity contribution in [1.29, 1.82) is 0 Å². The minimum Gasteiger partial charge on any atom is -0.385 e. The van der Waals surface area contributed by atoms with E-state index in [1.165, 1.54) is 24.3 Å². The number of halogens is 1. The first-order chi connectivity index (χ1) is 14.9. The SMILES string of the molecule is Cl.[2H]C1([2H])C([2H])([2H])C([2H])([2H])C([2H])(C(O)(CCN2CCCCC2)c2ccccc2)C([2H])([2H])C1([2H])[2H]. The van der Waals surface area contributed by atoms with Crippen LogP contribution in [-0.4, -0.2) is 29.6 Å². The molecule has 0 radical (unpaired) electrons. The quantitative estimate of drug-likeness (QED) is 0.829. The zero-order valence-corrected chi connectivity index (χ0v) is 14.0. The largest absolute Gasteiger partial charge is 0.385 e. The molecule has 23 heavy (non-hydrogen) atoms. The summed E-state index contributed by atoms with van der Waals surface area (Å²) in [7, 11) is 0. The van der Waals surface area contributed by atoms with Crippen LogP contribution in [0.5, 0.6) is 0 Å². The Morgan fingerprint density at radius 2 is 1.74 bits per heavy atom. The Balaban J connectivity index is 0.00000408. The molecule has 130 valence electrons. The van der Waals surface area contributed by atoms with E-state index in [0.717, 1.165) is 19.3 Å². The van der Waals surface area contributed by atoms with Crippen molar-refractivity contribution in [3.63, 3.8) is 0 Å². The molecule has 1 atom stereocenters. The van der Waals surface area contributed by atoms with E-state index < -0.39 is 43.4 Å². The van der Waals surface area contributed by atoms with Crippen LogP contribution in [0, 0.1) is 5.89 Å². The summed E-state index contributed by atoms with van der Waals surface area (Å²) in [4.78, 5) is 2.00. The van der Waals surface area contributed by atoms with Crippen LogP contribution in [-0.2, 0) is 5.60 Å². The molecular formula is C20H32ClNO. The summed E-state index contributed by atoms with van der Waals surface area (Å²) in [5.74, 6) is -3.44. The Bertz CT molecular complexity index is 831. The maximum absolute atomic E-state index is 12.1. The number of piperidine rings is 1. The first-order valence-electron chi connectivity index (χ1n) is 13.4. The van der Waals surface area contributed by atoms with Gasteiger partial charge in [-0.2, -0.15) is 0 Å². The highest BCUT2D eigenvalue weighted by Gasteiger charge is 2.38. The summed E-state index contributed by atoms with van der Waals surface area (Å²) >= 11 is 0. The maximum Gasteiger partial charge on any atom is 0.0936 e. The second-order valence-corrected chi connectivity index (χ2v) is 5.88. The van der Waals surface area contributed by atoms with Gasteiger partial charge in [0.1, 0.15) is 0 Å². The van der Waals surface area contributed by atoms with E-state index in [2.05, 4.69) is 0 Å². The van der Waals surface area contributed by atoms with Crippen molar-refractivity contribution >= 4 is 12.4 Å². The number of likely N-dealkylation sites (tertiary alicyclic amines) is 1. The highest BCUT2D eigenvalue weighted by molar-refractivity contribution is 5.85. The summed E-state index contributed by atoms with van der Waals surface area (Å²) in [5.41, 5.74) is -2.71. The van der Waals surface area contributed by atoms with Crippen molar-refractivity contribution in [1.82, 2.24) is 4.90 Å². The van der Waals surface area contributed by atoms with Gasteiger partial charge in [0.2, 0.25) is 0 Å². The zero-order chi connectivity index (χ0) is 25.1. The van der Waals surface area contributed by atoms with Crippen molar-refractivity contribution in [2.24, 2.45) is 5.89 Å². The molecule has 1 N–H and O–H groups in total. The third-order valence-corrected chi connectivity index (χ3v) is 4.40. The van der Waals surface area contributed by atoms with Crippen molar-refractivity contribution < 1.29 is 20.2 Å². The average molecular weight is 349 g/mol. The second kappa shape index (κ2) is 9.05. The maximum atomic E-state index is 12.1. The van der Waals surface area contributed by atoms with Crippen LogP contribution < -0.4 is 0 Å². The monoisotopic (exact) mass is 348 g/mol. The number of hydrogen-bond acceptors (Lipinski definition) is 2. The third kappa shape index (κ3) is 4.71. The molecule has 1 aromatic carbocycles. The predicted octanol–water partition coefficient (Wildman–Crippen LogP) is 4.75. The Morgan fingerprint density at radius 3 is 2.39 bits per heavy atom. The van der Waals surface area contributed by atoms with Crippen LogP contribution in [0.4, 0.5) is 0 Å². The summed E-state index contributed by atoms with van der Waals surface area (Å²) in [6, 6.07) is 7.41. The first kappa shape index (κ1) is 8.69. The average Bonchev–Trinajstić information content (AvgIpc) is 2.76. The molecule has 2 fully saturated rings. The lowest BCUT2D eigenvalue weighted by Gasteiger charge is -2.40. The van der Waals surface area contributed by atoms with Gasteiger partial charge in [-0.3, -0.25) is 0 Å². The molecule has 1 aliphatic carbocycles. The van der Waals surface area contributed by atoms with E-state index in [-0.39, 0.29) is 30.9 Å². The van der Waals surface area contributed by atoms with E-state index >= 15 is 0 Å². The van der Waals surface area contributed by atoms with E-state index in [0.29, 0.717) is 13.1 Å². The van der Waals surface area contributed by atoms with Gasteiger partial charge in [-0.05, 0) is 56.6 Å². The molecule has 1 aliphatic heterocycles. The summed E-state index contributed by atoms with van der Waals surface area (Å²) in [6.45, 7) is 1.58. The van der Waals surface area contributed by atoms with E-state index in [1.807, 2.05) is 4.90 Å². The van der Waals surface area contributed by atoms with Gasteiger partial charge in [-0.1, -0.05) is 55.9 Å². The molecule has 0 amide bonds. The molecule has 2 aliphatic rings. The van der Waals surface area contributed by atoms with Crippen LogP contribution in [0.2, 0.25) is 0 Å². The topological polar surface area (TPSA) is 23.5 Å². The van der Waals surface area contributed by atoms with Crippen molar-refractivity contribution in [2.75, 3.05) is 19.6 Å². The standard InChI is InChI=1S/C20H31NO.ClH/c22-20(18-10-4-1-5-11-18,19-12-6-2-7-13-19)14-17-21-15-8-3-9-16-21;/h1,4-5,10-11,19,22H,2-3,6-9,12-17H2;1H/i2D2,6D2,7D2,12D2,13D2,19D;. The fourth-order valence-electron chi connectivity index (χ4n) is 3.09. The zero-order valence-electron chi connectivity index (χ0n) is 24.1. The normalized spacial score (nSPS) is 42.4. The molecule has 1 saturated heterocycles. The van der Waals surface area contributed by atoms with Gasteiger partial charge in [-0.25, -0.2) is 0 Å². The molecule has 1 heterocycles. The van der Waals surface area contributed by atoms with E-state index in [4.69, 9.17) is 15.1 Å². The van der Waals surface area contributed by atoms with Crippen molar-refractivity contribution in [2.45, 2.75) is 63.1 Å². The lowest BCUT2D eigenvalue weighted by molar-refractivity contribution is -0.0528. The second-order valence-electron chi connectivity index (χ2n) is 5.88. The van der Waals surface area contributed by atoms with Gasteiger partial charge in [0, 0.05) is 21.6 Å². The van der Waals surface area contributed by atoms with E-state index in [1.54, 1.807) is 6.07 Å². The highest BCUT2D eigenvalue weighted by Crippen LogP contribution is 2.41. The molecule has 0 spiro atoms. The molecule has 1 unspecified atom stereocenters. The van der Waals surface area contributed by atoms with Gasteiger partial charge in [0.05, 0.1) is 5.60 Å². The lowest BCUT2D eigenvalue weighted by atomic mass is 9.71. The fraction of sp³-hybridized carbons (Fsp3) is 0.700. The number of benzene rings is 1. The van der Waals surface area contributed by atoms with Gasteiger partial charge >= 0.3 is 0 Å². The van der Waals surface area contributed by atoms with Gasteiger partial charge in [0.25, 0.3) is 0 Å². The van der Waals surface area contributed by atoms with Crippen LogP contribution in [0.3, 0.4) is 0 Å². The van der Waals surface area contributed by atoms with Crippen LogP contribution in [0.15, 0.2) is 30.3 Å². The van der Waals surface area contributed by atoms with Crippen molar-refractivity contribution in [3.05, 3.63) is 35.9 Å². The fourth-order valence-corrected chi connectivity index (χ4v) is 3.09. The molecule has 1 aromatic rings. The van der Waals surface area contributed by atoms with E-state index in [9.17, 15) is 5.11 Å². The number of hydrogen-bond donors (Lipinski definition) is 1. The molecular weight excluding hydrogens is 306 g/mol. The smallest absolute Gasteiger partial charge is 0.0936 e. The molecule has 2 nitrogen and oxygen atoms in total. The molecule has 0 bridgehead atoms. The van der Waals surface area contributed by atoms with Crippen LogP contribution >= 0.6 is 12.4 Å². The first-order valence-corrected chi connectivity index (χ1v) is 7.94. The molecule has 3 rings (SSSR count). The van der Waals surface area contributed by atoms with Crippen molar-refractivity contribution in [3.8, 4) is 0 Å². The van der Waals surface area contributed by atoms with Gasteiger partial charge in [0.15, 0.2) is 0 Å². The minimum absolute atomic E-state index is 0. The minimum atomic E-state index is -3.63. The summed E-state index contributed by atoms with van der Waals surface area (Å²) < 4.78 is 92.6. The van der Waals surface area contributed by atoms with Gasteiger partial charge in [-0.15, -0.1) is 12.4 Å². The Morgan fingerprint density at radius 1 is 1.09 bits per heavy atom. The number of aliphatic hydroxyl groups is 1. The Kier molecular flexibility index (Phi) is 3.42. The Labute approximate surface area is 163 Å². The summed E-state index contributed by atoms with van der Waals surface area (Å²) in [6.07, 6.45) is -15.6. The predicted molar refractivity (Wildman–Crippen MR) is 99.1 cm³/mol. The van der Waals surface area contributed by atoms with Gasteiger partial charge < -0.3 is 10.0 Å². The molecule has 1 saturated carbocycles. The Hall–Kier alpha value is -0.570. The molecule has 3 heteroatoms. The number of nitrogens with zero attached hydrogens (tertiary/aromatic N) is 1. The third-order valence-electron chi connectivity index (χ3n) is 4.40. The van der Waals surface area contributed by atoms with Crippen LogP contribution in [0.25, 0.3) is 0 Å².